The van der Waals surface area contributed by atoms with E-state index in [-0.39, 0.29) is 5.56 Å². The normalized spacial score (nSPS) is 11.5. The lowest BCUT2D eigenvalue weighted by molar-refractivity contribution is -0.132. The molecule has 1 rings (SSSR count). The summed E-state index contributed by atoms with van der Waals surface area (Å²) in [7, 11) is 0. The number of H-pyrrole nitrogens is 1. The van der Waals surface area contributed by atoms with Crippen molar-refractivity contribution < 1.29 is 9.90 Å². The van der Waals surface area contributed by atoms with Gasteiger partial charge in [-0.05, 0) is 37.8 Å². The van der Waals surface area contributed by atoms with E-state index in [1.54, 1.807) is 19.2 Å². The van der Waals surface area contributed by atoms with Crippen LogP contribution in [0.1, 0.15) is 25.3 Å². The van der Waals surface area contributed by atoms with Gasteiger partial charge in [-0.15, -0.1) is 12.6 Å². The Bertz CT molecular complexity index is 491. The topological polar surface area (TPSA) is 70.2 Å². The van der Waals surface area contributed by atoms with Crippen LogP contribution in [0.25, 0.3) is 0 Å². The standard InChI is InChI=1S/C12H15NO3S/c1-8(12(15)16)4-2-3-5-9-6-7-13-11(14)10(9)17/h4,6-7,17H,2-3,5H2,1H3,(H,13,14)(H,15,16). The molecule has 0 aliphatic rings. The maximum atomic E-state index is 11.2. The van der Waals surface area contributed by atoms with Crippen molar-refractivity contribution in [3.05, 3.63) is 39.8 Å². The van der Waals surface area contributed by atoms with Crippen molar-refractivity contribution in [3.8, 4) is 0 Å². The molecule has 0 aliphatic heterocycles. The number of rotatable bonds is 5. The quantitative estimate of drug-likeness (QED) is 0.427. The fourth-order valence-corrected chi connectivity index (χ4v) is 1.66. The molecular weight excluding hydrogens is 238 g/mol. The molecule has 0 saturated carbocycles. The van der Waals surface area contributed by atoms with Gasteiger partial charge in [0.15, 0.2) is 0 Å². The summed E-state index contributed by atoms with van der Waals surface area (Å²) in [5.41, 5.74) is 1.04. The molecule has 0 atom stereocenters. The lowest BCUT2D eigenvalue weighted by Crippen LogP contribution is -2.08. The molecule has 1 aromatic rings. The number of aromatic nitrogens is 1. The van der Waals surface area contributed by atoms with E-state index in [4.69, 9.17) is 5.11 Å². The zero-order valence-electron chi connectivity index (χ0n) is 9.56. The van der Waals surface area contributed by atoms with Gasteiger partial charge in [-0.2, -0.15) is 0 Å². The summed E-state index contributed by atoms with van der Waals surface area (Å²) in [6.07, 6.45) is 5.47. The second kappa shape index (κ2) is 6.30. The third-order valence-electron chi connectivity index (χ3n) is 2.46. The van der Waals surface area contributed by atoms with Crippen molar-refractivity contribution in [1.82, 2.24) is 4.98 Å². The minimum absolute atomic E-state index is 0.192. The van der Waals surface area contributed by atoms with Crippen LogP contribution >= 0.6 is 12.6 Å². The van der Waals surface area contributed by atoms with Crippen molar-refractivity contribution in [2.24, 2.45) is 0 Å². The Kier molecular flexibility index (Phi) is 5.03. The first-order valence-corrected chi connectivity index (χ1v) is 5.76. The van der Waals surface area contributed by atoms with Gasteiger partial charge in [0.1, 0.15) is 0 Å². The molecule has 92 valence electrons. The number of hydrogen-bond donors (Lipinski definition) is 3. The first-order valence-electron chi connectivity index (χ1n) is 5.32. The maximum absolute atomic E-state index is 11.2. The second-order valence-corrected chi connectivity index (χ2v) is 4.21. The molecule has 0 aliphatic carbocycles. The van der Waals surface area contributed by atoms with E-state index in [1.807, 2.05) is 6.07 Å². The van der Waals surface area contributed by atoms with Crippen molar-refractivity contribution in [1.29, 1.82) is 0 Å². The van der Waals surface area contributed by atoms with E-state index in [1.165, 1.54) is 0 Å². The monoisotopic (exact) mass is 253 g/mol. The summed E-state index contributed by atoms with van der Waals surface area (Å²) >= 11 is 4.13. The summed E-state index contributed by atoms with van der Waals surface area (Å²) in [5.74, 6) is -0.893. The molecule has 0 saturated heterocycles. The molecule has 17 heavy (non-hydrogen) atoms. The van der Waals surface area contributed by atoms with Gasteiger partial charge in [0.25, 0.3) is 5.56 Å². The van der Waals surface area contributed by atoms with Crippen LogP contribution in [-0.2, 0) is 11.2 Å². The molecule has 0 amide bonds. The van der Waals surface area contributed by atoms with Crippen molar-refractivity contribution in [2.45, 2.75) is 31.1 Å². The lowest BCUT2D eigenvalue weighted by Gasteiger charge is -2.02. The fraction of sp³-hybridized carbons (Fsp3) is 0.333. The molecule has 4 nitrogen and oxygen atoms in total. The molecule has 0 aromatic carbocycles. The van der Waals surface area contributed by atoms with Crippen molar-refractivity contribution >= 4 is 18.6 Å². The zero-order valence-corrected chi connectivity index (χ0v) is 10.5. The molecule has 0 fully saturated rings. The van der Waals surface area contributed by atoms with Crippen LogP contribution in [0.4, 0.5) is 0 Å². The summed E-state index contributed by atoms with van der Waals surface area (Å²) < 4.78 is 0. The highest BCUT2D eigenvalue weighted by Crippen LogP contribution is 2.11. The van der Waals surface area contributed by atoms with E-state index in [9.17, 15) is 9.59 Å². The molecule has 5 heteroatoms. The van der Waals surface area contributed by atoms with E-state index in [2.05, 4.69) is 17.6 Å². The van der Waals surface area contributed by atoms with Gasteiger partial charge in [0.05, 0.1) is 4.90 Å². The number of aryl methyl sites for hydroxylation is 1. The molecular formula is C12H15NO3S. The number of thiol groups is 1. The van der Waals surface area contributed by atoms with E-state index in [0.717, 1.165) is 12.0 Å². The number of carboxylic acids is 1. The predicted molar refractivity (Wildman–Crippen MR) is 68.6 cm³/mol. The molecule has 1 heterocycles. The van der Waals surface area contributed by atoms with Gasteiger partial charge in [0.2, 0.25) is 0 Å². The summed E-state index contributed by atoms with van der Waals surface area (Å²) in [6, 6.07) is 1.82. The lowest BCUT2D eigenvalue weighted by atomic mass is 10.1. The van der Waals surface area contributed by atoms with E-state index in [0.29, 0.717) is 23.3 Å². The average molecular weight is 253 g/mol. The fourth-order valence-electron chi connectivity index (χ4n) is 1.41. The second-order valence-electron chi connectivity index (χ2n) is 3.77. The number of allylic oxidation sites excluding steroid dienone is 1. The molecule has 2 N–H and O–H groups in total. The first-order chi connectivity index (χ1) is 8.02. The van der Waals surface area contributed by atoms with Gasteiger partial charge in [0, 0.05) is 11.8 Å². The van der Waals surface area contributed by atoms with Crippen LogP contribution in [0.2, 0.25) is 0 Å². The Labute approximate surface area is 105 Å². The van der Waals surface area contributed by atoms with Gasteiger partial charge in [-0.25, -0.2) is 4.79 Å². The number of aliphatic carboxylic acids is 1. The molecule has 0 radical (unpaired) electrons. The third kappa shape index (κ3) is 4.11. The number of hydrogen-bond acceptors (Lipinski definition) is 3. The van der Waals surface area contributed by atoms with Crippen LogP contribution in [0.5, 0.6) is 0 Å². The van der Waals surface area contributed by atoms with E-state index >= 15 is 0 Å². The summed E-state index contributed by atoms with van der Waals surface area (Å²) in [4.78, 5) is 24.8. The van der Waals surface area contributed by atoms with Crippen LogP contribution in [0, 0.1) is 0 Å². The van der Waals surface area contributed by atoms with Gasteiger partial charge in [-0.1, -0.05) is 6.08 Å². The summed E-state index contributed by atoms with van der Waals surface area (Å²) in [5, 5.41) is 8.65. The molecule has 0 unspecified atom stereocenters. The van der Waals surface area contributed by atoms with Crippen molar-refractivity contribution in [3.63, 3.8) is 0 Å². The number of carboxylic acid groups (broad SMARTS) is 1. The van der Waals surface area contributed by atoms with Gasteiger partial charge < -0.3 is 10.1 Å². The number of pyridine rings is 1. The van der Waals surface area contributed by atoms with Crippen LogP contribution in [-0.4, -0.2) is 16.1 Å². The average Bonchev–Trinajstić information content (AvgIpc) is 2.29. The first kappa shape index (κ1) is 13.6. The number of aromatic amines is 1. The highest BCUT2D eigenvalue weighted by Gasteiger charge is 2.02. The minimum Gasteiger partial charge on any atom is -0.478 e. The largest absolute Gasteiger partial charge is 0.478 e. The number of unbranched alkanes of at least 4 members (excludes halogenated alkanes) is 1. The smallest absolute Gasteiger partial charge is 0.330 e. The highest BCUT2D eigenvalue weighted by atomic mass is 32.1. The predicted octanol–water partition coefficient (Wildman–Crippen LogP) is 2.02. The van der Waals surface area contributed by atoms with Crippen molar-refractivity contribution in [2.75, 3.05) is 0 Å². The van der Waals surface area contributed by atoms with Crippen LogP contribution < -0.4 is 5.56 Å². The maximum Gasteiger partial charge on any atom is 0.330 e. The zero-order chi connectivity index (χ0) is 12.8. The third-order valence-corrected chi connectivity index (χ3v) is 2.95. The van der Waals surface area contributed by atoms with Crippen LogP contribution in [0.3, 0.4) is 0 Å². The Balaban J connectivity index is 2.52. The Morgan fingerprint density at radius 3 is 2.94 bits per heavy atom. The molecule has 0 bridgehead atoms. The minimum atomic E-state index is -0.893. The summed E-state index contributed by atoms with van der Waals surface area (Å²) in [6.45, 7) is 1.57. The SMILES string of the molecule is CC(=CCCCc1cc[nH]c(=O)c1S)C(=O)O. The Morgan fingerprint density at radius 2 is 2.29 bits per heavy atom. The molecule has 1 aromatic heterocycles. The highest BCUT2D eigenvalue weighted by molar-refractivity contribution is 7.80. The van der Waals surface area contributed by atoms with E-state index < -0.39 is 5.97 Å². The van der Waals surface area contributed by atoms with Gasteiger partial charge >= 0.3 is 5.97 Å². The van der Waals surface area contributed by atoms with Gasteiger partial charge in [-0.3, -0.25) is 4.79 Å². The van der Waals surface area contributed by atoms with Crippen LogP contribution in [0.15, 0.2) is 33.6 Å². The molecule has 0 spiro atoms. The number of nitrogens with one attached hydrogen (secondary N) is 1. The Morgan fingerprint density at radius 1 is 1.59 bits per heavy atom. The Hall–Kier alpha value is -1.49. The number of carbonyl (C=O) groups is 1.